The Labute approximate surface area is 250 Å². The van der Waals surface area contributed by atoms with E-state index in [-0.39, 0.29) is 42.1 Å². The number of carbonyl (C=O) groups excluding carboxylic acids is 2. The maximum Gasteiger partial charge on any atom is 0.251 e. The van der Waals surface area contributed by atoms with E-state index in [1.807, 2.05) is 10.9 Å². The number of amides is 2. The monoisotopic (exact) mass is 607 g/mol. The first kappa shape index (κ1) is 27.7. The van der Waals surface area contributed by atoms with E-state index in [0.717, 1.165) is 12.8 Å². The number of hydrogen-bond donors (Lipinski definition) is 3. The van der Waals surface area contributed by atoms with E-state index in [0.29, 0.717) is 33.1 Å². The summed E-state index contributed by atoms with van der Waals surface area (Å²) in [7, 11) is 0. The molecule has 0 radical (unpaired) electrons. The second-order valence-corrected chi connectivity index (χ2v) is 12.4. The third-order valence-corrected chi connectivity index (χ3v) is 9.14. The lowest BCUT2D eigenvalue weighted by Gasteiger charge is -2.33. The average Bonchev–Trinajstić information content (AvgIpc) is 3.90. The van der Waals surface area contributed by atoms with Crippen molar-refractivity contribution in [1.82, 2.24) is 20.1 Å². The van der Waals surface area contributed by atoms with Crippen LogP contribution >= 0.6 is 11.6 Å². The van der Waals surface area contributed by atoms with Gasteiger partial charge >= 0.3 is 0 Å². The molecule has 2 amide bonds. The molecule has 3 heterocycles. The molecule has 9 nitrogen and oxygen atoms in total. The number of aromatic nitrogens is 3. The first-order valence-corrected chi connectivity index (χ1v) is 14.4. The maximum atomic E-state index is 16.1. The van der Waals surface area contributed by atoms with Crippen molar-refractivity contribution in [2.24, 2.45) is 5.73 Å². The van der Waals surface area contributed by atoms with Gasteiger partial charge in [0.1, 0.15) is 40.5 Å². The highest BCUT2D eigenvalue weighted by atomic mass is 35.5. The Morgan fingerprint density at radius 1 is 1.23 bits per heavy atom. The van der Waals surface area contributed by atoms with Gasteiger partial charge in [0.05, 0.1) is 23.3 Å². The van der Waals surface area contributed by atoms with Gasteiger partial charge in [0, 0.05) is 28.3 Å². The predicted molar refractivity (Wildman–Crippen MR) is 154 cm³/mol. The molecule has 0 spiro atoms. The first-order valence-electron chi connectivity index (χ1n) is 14.0. The molecule has 12 heteroatoms. The van der Waals surface area contributed by atoms with Crippen LogP contribution in [0.25, 0.3) is 22.2 Å². The molecule has 43 heavy (non-hydrogen) atoms. The smallest absolute Gasteiger partial charge is 0.251 e. The van der Waals surface area contributed by atoms with Crippen LogP contribution in [0.5, 0.6) is 5.75 Å². The van der Waals surface area contributed by atoms with Crippen molar-refractivity contribution in [3.05, 3.63) is 76.3 Å². The summed E-state index contributed by atoms with van der Waals surface area (Å²) in [4.78, 5) is 30.5. The van der Waals surface area contributed by atoms with Gasteiger partial charge in [-0.2, -0.15) is 5.10 Å². The van der Waals surface area contributed by atoms with E-state index in [2.05, 4.69) is 15.4 Å². The Hall–Kier alpha value is -4.09. The third kappa shape index (κ3) is 4.44. The number of aliphatic hydroxyl groups is 1. The molecule has 222 valence electrons. The number of halogens is 3. The van der Waals surface area contributed by atoms with Gasteiger partial charge in [-0.25, -0.2) is 13.8 Å². The largest absolute Gasteiger partial charge is 0.489 e. The molecule has 2 atom stereocenters. The lowest BCUT2D eigenvalue weighted by atomic mass is 9.80. The van der Waals surface area contributed by atoms with Crippen molar-refractivity contribution in [3.8, 4) is 17.0 Å². The predicted octanol–water partition coefficient (Wildman–Crippen LogP) is 4.48. The Balaban J connectivity index is 1.27. The molecule has 1 aliphatic heterocycles. The van der Waals surface area contributed by atoms with Crippen LogP contribution in [0.15, 0.2) is 48.7 Å². The summed E-state index contributed by atoms with van der Waals surface area (Å²) >= 11 is 6.46. The van der Waals surface area contributed by atoms with E-state index in [1.165, 1.54) is 36.4 Å². The highest BCUT2D eigenvalue weighted by Gasteiger charge is 2.62. The molecule has 4 aromatic rings. The molecule has 2 fully saturated rings. The average molecular weight is 608 g/mol. The summed E-state index contributed by atoms with van der Waals surface area (Å²) in [6.45, 7) is 0.976. The Kier molecular flexibility index (Phi) is 6.10. The minimum atomic E-state index is -2.28. The molecule has 0 saturated heterocycles. The van der Waals surface area contributed by atoms with Gasteiger partial charge in [-0.05, 0) is 75.1 Å². The van der Waals surface area contributed by atoms with Crippen molar-refractivity contribution in [1.29, 1.82) is 0 Å². The number of fused-ring (bicyclic) bond motifs is 2. The number of ether oxygens (including phenoxy) is 1. The second kappa shape index (κ2) is 9.45. The van der Waals surface area contributed by atoms with E-state index in [4.69, 9.17) is 22.1 Å². The van der Waals surface area contributed by atoms with Crippen molar-refractivity contribution in [2.75, 3.05) is 13.2 Å². The molecule has 0 unspecified atom stereocenters. The van der Waals surface area contributed by atoms with Crippen molar-refractivity contribution in [3.63, 3.8) is 0 Å². The number of pyridine rings is 1. The quantitative estimate of drug-likeness (QED) is 0.271. The van der Waals surface area contributed by atoms with Crippen LogP contribution in [-0.2, 0) is 15.8 Å². The minimum Gasteiger partial charge on any atom is -0.489 e. The number of nitrogens with one attached hydrogen (secondary N) is 1. The van der Waals surface area contributed by atoms with E-state index >= 15 is 4.39 Å². The summed E-state index contributed by atoms with van der Waals surface area (Å²) < 4.78 is 37.5. The van der Waals surface area contributed by atoms with Crippen LogP contribution in [0.1, 0.15) is 60.3 Å². The molecular weight excluding hydrogens is 580 g/mol. The number of hydrogen-bond acceptors (Lipinski definition) is 6. The molecule has 3 aliphatic rings. The summed E-state index contributed by atoms with van der Waals surface area (Å²) in [5, 5.41) is 20.2. The first-order chi connectivity index (χ1) is 20.4. The molecule has 2 aromatic heterocycles. The van der Waals surface area contributed by atoms with Crippen LogP contribution in [-0.4, -0.2) is 50.5 Å². The number of benzene rings is 2. The number of alkyl halides is 1. The number of nitrogens with zero attached hydrogens (tertiary/aromatic N) is 3. The van der Waals surface area contributed by atoms with Crippen molar-refractivity contribution in [2.45, 2.75) is 55.3 Å². The lowest BCUT2D eigenvalue weighted by Crippen LogP contribution is -2.49. The zero-order valence-electron chi connectivity index (χ0n) is 23.2. The number of primary amides is 1. The lowest BCUT2D eigenvalue weighted by molar-refractivity contribution is -0.123. The zero-order chi connectivity index (χ0) is 30.3. The highest BCUT2D eigenvalue weighted by Crippen LogP contribution is 2.55. The Bertz CT molecular complexity index is 1820. The van der Waals surface area contributed by atoms with Crippen LogP contribution in [0, 0.1) is 5.82 Å². The fourth-order valence-corrected chi connectivity index (χ4v) is 5.95. The molecule has 2 saturated carbocycles. The minimum absolute atomic E-state index is 0.0335. The second-order valence-electron chi connectivity index (χ2n) is 12.0. The van der Waals surface area contributed by atoms with Gasteiger partial charge < -0.3 is 20.9 Å². The SMILES string of the molecule is C[C@]1(C(N)=O)COc2c1cc([C@@](O)(CNC(=O)c1cc(Cl)c3nn(C4CC4)cc3c1)C1(F)CC1)nc2-c1ccc(F)cc1. The van der Waals surface area contributed by atoms with Crippen molar-refractivity contribution >= 4 is 34.3 Å². The highest BCUT2D eigenvalue weighted by molar-refractivity contribution is 6.35. The summed E-state index contributed by atoms with van der Waals surface area (Å²) in [5.74, 6) is -1.49. The summed E-state index contributed by atoms with van der Waals surface area (Å²) in [6.07, 6.45) is 3.98. The third-order valence-electron chi connectivity index (χ3n) is 8.86. The maximum absolute atomic E-state index is 16.1. The molecule has 4 N–H and O–H groups in total. The number of rotatable bonds is 8. The van der Waals surface area contributed by atoms with Gasteiger partial charge in [-0.3, -0.25) is 14.3 Å². The molecule has 0 bridgehead atoms. The zero-order valence-corrected chi connectivity index (χ0v) is 23.9. The summed E-state index contributed by atoms with van der Waals surface area (Å²) in [5.41, 5.74) is 1.71. The number of nitrogens with two attached hydrogens (primary N) is 1. The number of carbonyl (C=O) groups is 2. The van der Waals surface area contributed by atoms with E-state index in [9.17, 15) is 19.1 Å². The Morgan fingerprint density at radius 2 is 1.95 bits per heavy atom. The van der Waals surface area contributed by atoms with Gasteiger partial charge in [-0.15, -0.1) is 0 Å². The summed E-state index contributed by atoms with van der Waals surface area (Å²) in [6, 6.07) is 10.3. The van der Waals surface area contributed by atoms with Gasteiger partial charge in [0.2, 0.25) is 5.91 Å². The van der Waals surface area contributed by atoms with Crippen molar-refractivity contribution < 1.29 is 28.2 Å². The van der Waals surface area contributed by atoms with Gasteiger partial charge in [-0.1, -0.05) is 11.6 Å². The van der Waals surface area contributed by atoms with Crippen LogP contribution in [0.2, 0.25) is 5.02 Å². The molecule has 2 aromatic carbocycles. The van der Waals surface area contributed by atoms with Crippen LogP contribution < -0.4 is 15.8 Å². The van der Waals surface area contributed by atoms with Gasteiger partial charge in [0.25, 0.3) is 5.91 Å². The molecule has 2 aliphatic carbocycles. The van der Waals surface area contributed by atoms with E-state index < -0.39 is 40.9 Å². The standard InChI is InChI=1S/C31H28ClF2N5O4/c1-29(28(35)41)15-43-26-21(29)12-23(37-25(26)16-2-4-19(33)5-3-16)31(42,30(34)8-9-30)14-36-27(40)17-10-18-13-39(20-6-7-20)38-24(18)22(32)11-17/h2-5,10-13,20,42H,6-9,14-15H2,1H3,(H2,35,41)(H,36,40)/t29-,31-/m0/s1. The Morgan fingerprint density at radius 3 is 2.60 bits per heavy atom. The van der Waals surface area contributed by atoms with Crippen LogP contribution in [0.3, 0.4) is 0 Å². The topological polar surface area (TPSA) is 132 Å². The fourth-order valence-electron chi connectivity index (χ4n) is 5.68. The normalized spacial score (nSPS) is 21.6. The molecule has 7 rings (SSSR count). The van der Waals surface area contributed by atoms with Gasteiger partial charge in [0.15, 0.2) is 5.60 Å². The van der Waals surface area contributed by atoms with Crippen LogP contribution in [0.4, 0.5) is 8.78 Å². The fraction of sp³-hybridized carbons (Fsp3) is 0.355. The van der Waals surface area contributed by atoms with E-state index in [1.54, 1.807) is 13.0 Å². The molecular formula is C31H28ClF2N5O4.